The molecule has 0 atom stereocenters. The first-order valence-electron chi connectivity index (χ1n) is 10.9. The second kappa shape index (κ2) is 9.91. The largest absolute Gasteiger partial charge is 0.495 e. The summed E-state index contributed by atoms with van der Waals surface area (Å²) in [6, 6.07) is 8.84. The molecule has 2 aromatic rings. The van der Waals surface area contributed by atoms with Crippen LogP contribution in [-0.4, -0.2) is 66.8 Å². The van der Waals surface area contributed by atoms with Gasteiger partial charge in [-0.15, -0.1) is 0 Å². The van der Waals surface area contributed by atoms with Crippen LogP contribution in [0.15, 0.2) is 41.3 Å². The van der Waals surface area contributed by atoms with Gasteiger partial charge in [-0.3, -0.25) is 9.10 Å². The number of fused-ring (bicyclic) bond motifs is 1. The zero-order chi connectivity index (χ0) is 25.2. The van der Waals surface area contributed by atoms with E-state index in [1.54, 1.807) is 6.07 Å². The fourth-order valence-corrected chi connectivity index (χ4v) is 6.52. The van der Waals surface area contributed by atoms with Gasteiger partial charge in [0.2, 0.25) is 32.7 Å². The number of nitrogens with one attached hydrogen (secondary N) is 1. The highest BCUT2D eigenvalue weighted by Gasteiger charge is 2.30. The number of piperidine rings is 1. The molecule has 1 N–H and O–H groups in total. The molecule has 190 valence electrons. The first kappa shape index (κ1) is 25.1. The first-order chi connectivity index (χ1) is 16.6. The molecule has 0 unspecified atom stereocenters. The lowest BCUT2D eigenvalue weighted by atomic mass is 10.2. The van der Waals surface area contributed by atoms with Crippen molar-refractivity contribution in [1.82, 2.24) is 4.31 Å². The maximum absolute atomic E-state index is 13.2. The van der Waals surface area contributed by atoms with Gasteiger partial charge in [-0.2, -0.15) is 4.31 Å². The van der Waals surface area contributed by atoms with Crippen LogP contribution >= 0.6 is 0 Å². The van der Waals surface area contributed by atoms with E-state index in [-0.39, 0.29) is 28.8 Å². The van der Waals surface area contributed by atoms with Crippen molar-refractivity contribution in [1.29, 1.82) is 0 Å². The molecule has 1 fully saturated rings. The Balaban J connectivity index is 1.56. The summed E-state index contributed by atoms with van der Waals surface area (Å²) in [5, 5.41) is 2.59. The number of methoxy groups -OCH3 is 1. The molecule has 35 heavy (non-hydrogen) atoms. The smallest absolute Gasteiger partial charge is 0.246 e. The Hall–Kier alpha value is -3.03. The Bertz CT molecular complexity index is 1320. The molecule has 0 aliphatic carbocycles. The third kappa shape index (κ3) is 5.46. The summed E-state index contributed by atoms with van der Waals surface area (Å²) in [6.07, 6.45) is 3.51. The summed E-state index contributed by atoms with van der Waals surface area (Å²) >= 11 is 0. The number of ether oxygens (including phenoxy) is 3. The van der Waals surface area contributed by atoms with Gasteiger partial charge >= 0.3 is 0 Å². The number of sulfonamides is 2. The van der Waals surface area contributed by atoms with Gasteiger partial charge in [0.15, 0.2) is 11.5 Å². The summed E-state index contributed by atoms with van der Waals surface area (Å²) in [6.45, 7) is 0.332. The molecular formula is C22H27N3O8S2. The van der Waals surface area contributed by atoms with Gasteiger partial charge in [0.25, 0.3) is 0 Å². The molecule has 1 saturated heterocycles. The Morgan fingerprint density at radius 2 is 1.74 bits per heavy atom. The van der Waals surface area contributed by atoms with E-state index >= 15 is 0 Å². The van der Waals surface area contributed by atoms with Crippen molar-refractivity contribution in [3.05, 3.63) is 36.4 Å². The SMILES string of the molecule is COc1ccc(NC(=O)CN(c2ccc3c(c2)OCO3)S(C)(=O)=O)cc1S(=O)(=O)N1CCCCC1. The molecule has 0 spiro atoms. The Labute approximate surface area is 204 Å². The molecule has 0 radical (unpaired) electrons. The van der Waals surface area contributed by atoms with Crippen molar-refractivity contribution in [2.45, 2.75) is 24.2 Å². The lowest BCUT2D eigenvalue weighted by Crippen LogP contribution is -2.37. The summed E-state index contributed by atoms with van der Waals surface area (Å²) in [4.78, 5) is 12.8. The standard InChI is InChI=1S/C22H27N3O8S2/c1-31-19-8-6-16(12-21(19)35(29,30)24-10-4-3-5-11-24)23-22(26)14-25(34(2,27)28)17-7-9-18-20(13-17)33-15-32-18/h6-9,12-13H,3-5,10-11,14-15H2,1-2H3,(H,23,26). The molecule has 0 aromatic heterocycles. The topological polar surface area (TPSA) is 132 Å². The van der Waals surface area contributed by atoms with E-state index in [1.807, 2.05) is 0 Å². The zero-order valence-electron chi connectivity index (χ0n) is 19.4. The summed E-state index contributed by atoms with van der Waals surface area (Å²) < 4.78 is 69.5. The minimum atomic E-state index is -3.83. The number of carbonyl (C=O) groups is 1. The van der Waals surface area contributed by atoms with Crippen LogP contribution in [0.2, 0.25) is 0 Å². The molecule has 0 saturated carbocycles. The van der Waals surface area contributed by atoms with Crippen LogP contribution in [0.25, 0.3) is 0 Å². The predicted molar refractivity (Wildman–Crippen MR) is 129 cm³/mol. The molecule has 2 heterocycles. The molecule has 4 rings (SSSR count). The van der Waals surface area contributed by atoms with Gasteiger partial charge in [0.05, 0.1) is 19.1 Å². The van der Waals surface area contributed by atoms with Gasteiger partial charge in [-0.05, 0) is 43.2 Å². The van der Waals surface area contributed by atoms with Crippen molar-refractivity contribution >= 4 is 37.3 Å². The summed E-state index contributed by atoms with van der Waals surface area (Å²) in [5.74, 6) is 0.359. The third-order valence-corrected chi connectivity index (χ3v) is 8.77. The summed E-state index contributed by atoms with van der Waals surface area (Å²) in [5.41, 5.74) is 0.431. The number of amides is 1. The number of hydrogen-bond donors (Lipinski definition) is 1. The molecule has 1 amide bonds. The molecule has 2 aromatic carbocycles. The van der Waals surface area contributed by atoms with E-state index in [4.69, 9.17) is 14.2 Å². The van der Waals surface area contributed by atoms with E-state index < -0.39 is 32.5 Å². The minimum Gasteiger partial charge on any atom is -0.495 e. The predicted octanol–water partition coefficient (Wildman–Crippen LogP) is 2.00. The number of rotatable bonds is 8. The lowest BCUT2D eigenvalue weighted by Gasteiger charge is -2.26. The molecular weight excluding hydrogens is 498 g/mol. The minimum absolute atomic E-state index is 0.0261. The molecule has 2 aliphatic heterocycles. The van der Waals surface area contributed by atoms with E-state index in [2.05, 4.69) is 5.32 Å². The molecule has 2 aliphatic rings. The Kier molecular flexibility index (Phi) is 7.10. The summed E-state index contributed by atoms with van der Waals surface area (Å²) in [7, 11) is -6.29. The van der Waals surface area contributed by atoms with Crippen LogP contribution in [0.3, 0.4) is 0 Å². The number of nitrogens with zero attached hydrogens (tertiary/aromatic N) is 2. The van der Waals surface area contributed by atoms with Gasteiger partial charge in [-0.25, -0.2) is 16.8 Å². The quantitative estimate of drug-likeness (QED) is 0.554. The van der Waals surface area contributed by atoms with E-state index in [0.717, 1.165) is 29.8 Å². The van der Waals surface area contributed by atoms with Crippen LogP contribution in [-0.2, 0) is 24.8 Å². The second-order valence-corrected chi connectivity index (χ2v) is 12.0. The average Bonchev–Trinajstić information content (AvgIpc) is 3.30. The van der Waals surface area contributed by atoms with Gasteiger partial charge < -0.3 is 19.5 Å². The third-order valence-electron chi connectivity index (χ3n) is 5.71. The average molecular weight is 526 g/mol. The van der Waals surface area contributed by atoms with Crippen LogP contribution in [0, 0.1) is 0 Å². The maximum Gasteiger partial charge on any atom is 0.246 e. The van der Waals surface area contributed by atoms with Gasteiger partial charge in [0, 0.05) is 24.8 Å². The van der Waals surface area contributed by atoms with Crippen molar-refractivity contribution in [2.75, 3.05) is 49.4 Å². The Morgan fingerprint density at radius 1 is 1.03 bits per heavy atom. The molecule has 13 heteroatoms. The van der Waals surface area contributed by atoms with Crippen molar-refractivity contribution in [3.63, 3.8) is 0 Å². The Morgan fingerprint density at radius 3 is 2.43 bits per heavy atom. The van der Waals surface area contributed by atoms with Crippen LogP contribution < -0.4 is 23.8 Å². The number of carbonyl (C=O) groups excluding carboxylic acids is 1. The van der Waals surface area contributed by atoms with E-state index in [0.29, 0.717) is 24.6 Å². The van der Waals surface area contributed by atoms with E-state index in [1.165, 1.54) is 41.7 Å². The highest BCUT2D eigenvalue weighted by molar-refractivity contribution is 7.92. The van der Waals surface area contributed by atoms with Crippen molar-refractivity contribution in [2.24, 2.45) is 0 Å². The number of hydrogen-bond acceptors (Lipinski definition) is 8. The van der Waals surface area contributed by atoms with Crippen LogP contribution in [0.1, 0.15) is 19.3 Å². The second-order valence-electron chi connectivity index (χ2n) is 8.19. The molecule has 0 bridgehead atoms. The lowest BCUT2D eigenvalue weighted by molar-refractivity contribution is -0.114. The number of benzene rings is 2. The van der Waals surface area contributed by atoms with Gasteiger partial charge in [-0.1, -0.05) is 6.42 Å². The first-order valence-corrected chi connectivity index (χ1v) is 14.2. The normalized spacial score (nSPS) is 16.1. The van der Waals surface area contributed by atoms with E-state index in [9.17, 15) is 21.6 Å². The highest BCUT2D eigenvalue weighted by Crippen LogP contribution is 2.36. The highest BCUT2D eigenvalue weighted by atomic mass is 32.2. The van der Waals surface area contributed by atoms with Gasteiger partial charge in [0.1, 0.15) is 17.2 Å². The zero-order valence-corrected chi connectivity index (χ0v) is 21.0. The van der Waals surface area contributed by atoms with Crippen LogP contribution in [0.5, 0.6) is 17.2 Å². The molecule has 11 nitrogen and oxygen atoms in total. The van der Waals surface area contributed by atoms with Crippen LogP contribution in [0.4, 0.5) is 11.4 Å². The fraction of sp³-hybridized carbons (Fsp3) is 0.409. The van der Waals surface area contributed by atoms with Crippen molar-refractivity contribution in [3.8, 4) is 17.2 Å². The number of anilines is 2. The monoisotopic (exact) mass is 525 g/mol. The maximum atomic E-state index is 13.2. The fourth-order valence-electron chi connectivity index (χ4n) is 3.97. The van der Waals surface area contributed by atoms with Crippen molar-refractivity contribution < 1.29 is 35.8 Å².